The second kappa shape index (κ2) is 4.17. The van der Waals surface area contributed by atoms with Crippen LogP contribution in [0.4, 0.5) is 5.82 Å². The Bertz CT molecular complexity index is 625. The third kappa shape index (κ3) is 1.55. The van der Waals surface area contributed by atoms with E-state index in [1.54, 1.807) is 12.3 Å². The largest absolute Gasteiger partial charge is 0.464 e. The minimum Gasteiger partial charge on any atom is -0.464 e. The van der Waals surface area contributed by atoms with Crippen molar-refractivity contribution in [1.82, 2.24) is 10.3 Å². The van der Waals surface area contributed by atoms with Crippen LogP contribution in [0.3, 0.4) is 0 Å². The molecule has 2 aromatic rings. The van der Waals surface area contributed by atoms with Crippen molar-refractivity contribution in [1.29, 1.82) is 5.26 Å². The van der Waals surface area contributed by atoms with Gasteiger partial charge in [0.25, 0.3) is 0 Å². The van der Waals surface area contributed by atoms with Crippen LogP contribution in [-0.4, -0.2) is 11.5 Å². The number of nitrogens with zero attached hydrogens (tertiary/aromatic N) is 2. The molecular weight excluding hydrogens is 228 g/mol. The molecule has 0 saturated heterocycles. The molecule has 0 unspecified atom stereocenters. The zero-order valence-electron chi connectivity index (χ0n) is 9.73. The first-order valence-corrected chi connectivity index (χ1v) is 5.77. The van der Waals surface area contributed by atoms with Gasteiger partial charge in [-0.25, -0.2) is 4.98 Å². The van der Waals surface area contributed by atoms with E-state index in [-0.39, 0.29) is 5.82 Å². The van der Waals surface area contributed by atoms with Crippen LogP contribution in [0.5, 0.6) is 0 Å². The lowest BCUT2D eigenvalue weighted by atomic mass is 9.95. The van der Waals surface area contributed by atoms with Crippen LogP contribution in [0, 0.1) is 11.3 Å². The summed E-state index contributed by atoms with van der Waals surface area (Å²) in [4.78, 5) is 4.33. The first-order chi connectivity index (χ1) is 8.81. The fraction of sp³-hybridized carbons (Fsp3) is 0.231. The highest BCUT2D eigenvalue weighted by Crippen LogP contribution is 2.33. The Morgan fingerprint density at radius 1 is 1.50 bits per heavy atom. The van der Waals surface area contributed by atoms with Crippen molar-refractivity contribution in [2.24, 2.45) is 0 Å². The summed E-state index contributed by atoms with van der Waals surface area (Å²) in [5, 5.41) is 12.5. The summed E-state index contributed by atoms with van der Waals surface area (Å²) in [5.41, 5.74) is 9.01. The number of hydrogen-bond donors (Lipinski definition) is 2. The molecule has 2 aromatic heterocycles. The number of anilines is 1. The highest BCUT2D eigenvalue weighted by molar-refractivity contribution is 5.76. The molecule has 0 fully saturated rings. The monoisotopic (exact) mass is 240 g/mol. The maximum absolute atomic E-state index is 9.27. The minimum atomic E-state index is 0.282. The summed E-state index contributed by atoms with van der Waals surface area (Å²) >= 11 is 0. The molecule has 0 saturated carbocycles. The molecule has 0 radical (unpaired) electrons. The Morgan fingerprint density at radius 3 is 3.11 bits per heavy atom. The Balaban J connectivity index is 2.33. The molecule has 3 N–H and O–H groups in total. The molecule has 90 valence electrons. The average molecular weight is 240 g/mol. The van der Waals surface area contributed by atoms with Crippen molar-refractivity contribution in [3.8, 4) is 17.4 Å². The Kier molecular flexibility index (Phi) is 2.50. The highest BCUT2D eigenvalue weighted by Gasteiger charge is 2.22. The predicted octanol–water partition coefficient (Wildman–Crippen LogP) is 1.44. The number of nitrogen functional groups attached to an aromatic ring is 1. The molecule has 0 atom stereocenters. The standard InChI is InChI=1S/C13H12N4O/c14-6-8-12(11-2-1-5-18-11)9-7-16-4-3-10(9)17-13(8)15/h1-2,5,16H,3-4,7H2,(H2,15,17). The van der Waals surface area contributed by atoms with Crippen LogP contribution in [0.15, 0.2) is 22.8 Å². The molecule has 3 rings (SSSR count). The molecule has 1 aliphatic heterocycles. The molecule has 0 amide bonds. The average Bonchev–Trinajstić information content (AvgIpc) is 2.90. The number of rotatable bonds is 1. The topological polar surface area (TPSA) is 87.9 Å². The summed E-state index contributed by atoms with van der Waals surface area (Å²) in [7, 11) is 0. The first kappa shape index (κ1) is 10.8. The van der Waals surface area contributed by atoms with Crippen LogP contribution in [0.2, 0.25) is 0 Å². The number of furan rings is 1. The lowest BCUT2D eigenvalue weighted by Crippen LogP contribution is -2.26. The van der Waals surface area contributed by atoms with Gasteiger partial charge in [-0.1, -0.05) is 0 Å². The Hall–Kier alpha value is -2.32. The molecule has 3 heterocycles. The van der Waals surface area contributed by atoms with Crippen molar-refractivity contribution in [3.63, 3.8) is 0 Å². The van der Waals surface area contributed by atoms with Gasteiger partial charge in [-0.2, -0.15) is 5.26 Å². The maximum Gasteiger partial charge on any atom is 0.142 e. The van der Waals surface area contributed by atoms with E-state index < -0.39 is 0 Å². The molecule has 0 aromatic carbocycles. The second-order valence-electron chi connectivity index (χ2n) is 4.19. The van der Waals surface area contributed by atoms with Crippen molar-refractivity contribution in [2.75, 3.05) is 12.3 Å². The van der Waals surface area contributed by atoms with Crippen molar-refractivity contribution >= 4 is 5.82 Å². The Labute approximate surface area is 104 Å². The Morgan fingerprint density at radius 2 is 2.39 bits per heavy atom. The third-order valence-corrected chi connectivity index (χ3v) is 3.13. The van der Waals surface area contributed by atoms with Crippen LogP contribution < -0.4 is 11.1 Å². The highest BCUT2D eigenvalue weighted by atomic mass is 16.3. The van der Waals surface area contributed by atoms with Gasteiger partial charge in [0, 0.05) is 30.8 Å². The number of aromatic nitrogens is 1. The van der Waals surface area contributed by atoms with E-state index in [2.05, 4.69) is 16.4 Å². The summed E-state index contributed by atoms with van der Waals surface area (Å²) in [6.45, 7) is 1.57. The summed E-state index contributed by atoms with van der Waals surface area (Å²) in [6, 6.07) is 5.77. The van der Waals surface area contributed by atoms with Crippen molar-refractivity contribution in [3.05, 3.63) is 35.2 Å². The normalized spacial score (nSPS) is 13.9. The predicted molar refractivity (Wildman–Crippen MR) is 66.5 cm³/mol. The lowest BCUT2D eigenvalue weighted by Gasteiger charge is -2.20. The summed E-state index contributed by atoms with van der Waals surface area (Å²) < 4.78 is 5.42. The third-order valence-electron chi connectivity index (χ3n) is 3.13. The van der Waals surface area contributed by atoms with Crippen LogP contribution in [0.1, 0.15) is 16.8 Å². The van der Waals surface area contributed by atoms with Gasteiger partial charge in [0.15, 0.2) is 0 Å². The van der Waals surface area contributed by atoms with E-state index >= 15 is 0 Å². The second-order valence-corrected chi connectivity index (χ2v) is 4.19. The van der Waals surface area contributed by atoms with Gasteiger partial charge >= 0.3 is 0 Å². The van der Waals surface area contributed by atoms with Gasteiger partial charge in [0.1, 0.15) is 23.2 Å². The molecule has 0 bridgehead atoms. The number of hydrogen-bond acceptors (Lipinski definition) is 5. The van der Waals surface area contributed by atoms with Gasteiger partial charge < -0.3 is 15.5 Å². The number of pyridine rings is 1. The number of nitriles is 1. The van der Waals surface area contributed by atoms with Gasteiger partial charge in [0.2, 0.25) is 0 Å². The van der Waals surface area contributed by atoms with Gasteiger partial charge in [-0.05, 0) is 17.7 Å². The number of fused-ring (bicyclic) bond motifs is 1. The molecule has 0 spiro atoms. The van der Waals surface area contributed by atoms with E-state index in [0.29, 0.717) is 17.9 Å². The SMILES string of the molecule is N#Cc1c(N)nc2c(c1-c1ccco1)CNCC2. The zero-order chi connectivity index (χ0) is 12.5. The fourth-order valence-corrected chi connectivity index (χ4v) is 2.32. The number of nitrogens with one attached hydrogen (secondary N) is 1. The lowest BCUT2D eigenvalue weighted by molar-refractivity contribution is 0.576. The van der Waals surface area contributed by atoms with E-state index in [9.17, 15) is 5.26 Å². The van der Waals surface area contributed by atoms with Crippen molar-refractivity contribution in [2.45, 2.75) is 13.0 Å². The molecule has 5 nitrogen and oxygen atoms in total. The maximum atomic E-state index is 9.27. The summed E-state index contributed by atoms with van der Waals surface area (Å²) in [6.07, 6.45) is 2.41. The van der Waals surface area contributed by atoms with Crippen LogP contribution >= 0.6 is 0 Å². The smallest absolute Gasteiger partial charge is 0.142 e. The molecule has 1 aliphatic rings. The van der Waals surface area contributed by atoms with E-state index in [0.717, 1.165) is 29.8 Å². The number of nitrogens with two attached hydrogens (primary N) is 1. The van der Waals surface area contributed by atoms with E-state index in [4.69, 9.17) is 10.2 Å². The van der Waals surface area contributed by atoms with Gasteiger partial charge in [0.05, 0.1) is 6.26 Å². The zero-order valence-corrected chi connectivity index (χ0v) is 9.73. The minimum absolute atomic E-state index is 0.282. The van der Waals surface area contributed by atoms with E-state index in [1.807, 2.05) is 6.07 Å². The molecule has 18 heavy (non-hydrogen) atoms. The van der Waals surface area contributed by atoms with E-state index in [1.165, 1.54) is 0 Å². The van der Waals surface area contributed by atoms with Gasteiger partial charge in [-0.3, -0.25) is 0 Å². The fourth-order valence-electron chi connectivity index (χ4n) is 2.32. The molecule has 0 aliphatic carbocycles. The quantitative estimate of drug-likeness (QED) is 0.787. The van der Waals surface area contributed by atoms with Crippen molar-refractivity contribution < 1.29 is 4.42 Å². The van der Waals surface area contributed by atoms with Crippen LogP contribution in [0.25, 0.3) is 11.3 Å². The van der Waals surface area contributed by atoms with Gasteiger partial charge in [-0.15, -0.1) is 0 Å². The summed E-state index contributed by atoms with van der Waals surface area (Å²) in [5.74, 6) is 0.949. The first-order valence-electron chi connectivity index (χ1n) is 5.77. The van der Waals surface area contributed by atoms with Crippen LogP contribution in [-0.2, 0) is 13.0 Å². The molecule has 5 heteroatoms. The molecular formula is C13H12N4O.